The van der Waals surface area contributed by atoms with Crippen LogP contribution in [0.25, 0.3) is 0 Å². The summed E-state index contributed by atoms with van der Waals surface area (Å²) >= 11 is 0. The van der Waals surface area contributed by atoms with E-state index >= 15 is 0 Å². The molecule has 0 aromatic heterocycles. The third kappa shape index (κ3) is 4.57. The van der Waals surface area contributed by atoms with E-state index in [0.29, 0.717) is 6.61 Å². The normalized spacial score (nSPS) is 9.89. The van der Waals surface area contributed by atoms with Crippen molar-refractivity contribution in [3.05, 3.63) is 29.8 Å². The van der Waals surface area contributed by atoms with Crippen molar-refractivity contribution in [3.63, 3.8) is 0 Å². The Kier molecular flexibility index (Phi) is 5.91. The quantitative estimate of drug-likeness (QED) is 0.622. The highest BCUT2D eigenvalue weighted by Crippen LogP contribution is 2.16. The summed E-state index contributed by atoms with van der Waals surface area (Å²) in [6.45, 7) is 4.09. The second-order valence-electron chi connectivity index (χ2n) is 3.94. The molecular weight excluding hydrogens is 230 g/mol. The molecule has 1 N–H and O–H groups in total. The van der Waals surface area contributed by atoms with Crippen LogP contribution < -0.4 is 5.32 Å². The summed E-state index contributed by atoms with van der Waals surface area (Å²) in [5, 5.41) is 2.74. The van der Waals surface area contributed by atoms with Crippen molar-refractivity contribution in [2.24, 2.45) is 0 Å². The summed E-state index contributed by atoms with van der Waals surface area (Å²) in [6.07, 6.45) is 1.66. The number of hydrogen-bond donors (Lipinski definition) is 1. The van der Waals surface area contributed by atoms with E-state index in [1.54, 1.807) is 6.92 Å². The van der Waals surface area contributed by atoms with Gasteiger partial charge in [0.2, 0.25) is 5.91 Å². The average Bonchev–Trinajstić information content (AvgIpc) is 2.32. The number of aryl methyl sites for hydroxylation is 1. The van der Waals surface area contributed by atoms with Crippen LogP contribution in [0.4, 0.5) is 5.69 Å². The molecule has 1 aromatic rings. The van der Waals surface area contributed by atoms with Crippen molar-refractivity contribution in [3.8, 4) is 0 Å². The summed E-state index contributed by atoms with van der Waals surface area (Å²) in [5.41, 5.74) is 1.85. The largest absolute Gasteiger partial charge is 0.466 e. The van der Waals surface area contributed by atoms with Crippen LogP contribution in [0, 0.1) is 0 Å². The van der Waals surface area contributed by atoms with Gasteiger partial charge in [-0.25, -0.2) is 0 Å². The Labute approximate surface area is 107 Å². The van der Waals surface area contributed by atoms with E-state index in [0.717, 1.165) is 24.1 Å². The highest BCUT2D eigenvalue weighted by Gasteiger charge is 2.11. The molecule has 1 aromatic carbocycles. The lowest BCUT2D eigenvalue weighted by molar-refractivity contribution is -0.145. The fraction of sp³-hybridized carbons (Fsp3) is 0.429. The lowest BCUT2D eigenvalue weighted by Crippen LogP contribution is -2.18. The van der Waals surface area contributed by atoms with Crippen molar-refractivity contribution >= 4 is 17.6 Å². The number of nitrogens with one attached hydrogen (secondary N) is 1. The van der Waals surface area contributed by atoms with Gasteiger partial charge in [0.1, 0.15) is 6.42 Å². The van der Waals surface area contributed by atoms with Crippen molar-refractivity contribution in [1.82, 2.24) is 0 Å². The molecule has 1 amide bonds. The zero-order valence-electron chi connectivity index (χ0n) is 10.9. The lowest BCUT2D eigenvalue weighted by Gasteiger charge is -2.10. The standard InChI is InChI=1S/C14H19NO3/c1-3-7-11-8-5-6-9-12(11)15-13(16)10-14(17)18-4-2/h5-6,8-9H,3-4,7,10H2,1-2H3,(H,15,16). The summed E-state index contributed by atoms with van der Waals surface area (Å²) in [7, 11) is 0. The van der Waals surface area contributed by atoms with Crippen molar-refractivity contribution in [1.29, 1.82) is 0 Å². The van der Waals surface area contributed by atoms with Gasteiger partial charge in [-0.2, -0.15) is 0 Å². The Hall–Kier alpha value is -1.84. The zero-order chi connectivity index (χ0) is 13.4. The molecule has 0 spiro atoms. The molecule has 0 radical (unpaired) electrons. The molecule has 4 heteroatoms. The highest BCUT2D eigenvalue weighted by molar-refractivity contribution is 6.02. The zero-order valence-corrected chi connectivity index (χ0v) is 10.9. The van der Waals surface area contributed by atoms with E-state index < -0.39 is 5.97 Å². The molecule has 1 rings (SSSR count). The van der Waals surface area contributed by atoms with Gasteiger partial charge in [0.05, 0.1) is 6.61 Å². The molecule has 0 saturated carbocycles. The SMILES string of the molecule is CCCc1ccccc1NC(=O)CC(=O)OCC. The fourth-order valence-electron chi connectivity index (χ4n) is 1.67. The van der Waals surface area contributed by atoms with Crippen LogP contribution >= 0.6 is 0 Å². The Bertz CT molecular complexity index is 415. The Morgan fingerprint density at radius 3 is 2.61 bits per heavy atom. The highest BCUT2D eigenvalue weighted by atomic mass is 16.5. The van der Waals surface area contributed by atoms with Crippen LogP contribution in [0.1, 0.15) is 32.3 Å². The first-order chi connectivity index (χ1) is 8.67. The first kappa shape index (κ1) is 14.2. The summed E-state index contributed by atoms with van der Waals surface area (Å²) in [5.74, 6) is -0.833. The van der Waals surface area contributed by atoms with Crippen LogP contribution in [-0.2, 0) is 20.7 Å². The predicted octanol–water partition coefficient (Wildman–Crippen LogP) is 2.53. The third-order valence-electron chi connectivity index (χ3n) is 2.42. The first-order valence-electron chi connectivity index (χ1n) is 6.20. The van der Waals surface area contributed by atoms with E-state index in [1.807, 2.05) is 24.3 Å². The van der Waals surface area contributed by atoms with Gasteiger partial charge in [-0.05, 0) is 25.0 Å². The topological polar surface area (TPSA) is 55.4 Å². The second kappa shape index (κ2) is 7.48. The second-order valence-corrected chi connectivity index (χ2v) is 3.94. The molecule has 0 heterocycles. The molecule has 4 nitrogen and oxygen atoms in total. The maximum atomic E-state index is 11.6. The van der Waals surface area contributed by atoms with E-state index in [2.05, 4.69) is 12.2 Å². The van der Waals surface area contributed by atoms with Gasteiger partial charge < -0.3 is 10.1 Å². The smallest absolute Gasteiger partial charge is 0.315 e. The van der Waals surface area contributed by atoms with E-state index in [1.165, 1.54) is 0 Å². The molecule has 98 valence electrons. The summed E-state index contributed by atoms with van der Waals surface area (Å²) < 4.78 is 4.73. The van der Waals surface area contributed by atoms with Gasteiger partial charge >= 0.3 is 5.97 Å². The van der Waals surface area contributed by atoms with E-state index in [9.17, 15) is 9.59 Å². The minimum atomic E-state index is -0.497. The molecule has 0 bridgehead atoms. The molecule has 0 aliphatic heterocycles. The van der Waals surface area contributed by atoms with Crippen LogP contribution in [0.15, 0.2) is 24.3 Å². The Morgan fingerprint density at radius 1 is 1.22 bits per heavy atom. The van der Waals surface area contributed by atoms with Gasteiger partial charge in [-0.3, -0.25) is 9.59 Å². The van der Waals surface area contributed by atoms with Gasteiger partial charge in [0.15, 0.2) is 0 Å². The molecule has 18 heavy (non-hydrogen) atoms. The number of carbonyl (C=O) groups is 2. The van der Waals surface area contributed by atoms with Crippen molar-refractivity contribution < 1.29 is 14.3 Å². The van der Waals surface area contributed by atoms with Gasteiger partial charge in [0.25, 0.3) is 0 Å². The number of hydrogen-bond acceptors (Lipinski definition) is 3. The number of ether oxygens (including phenoxy) is 1. The fourth-order valence-corrected chi connectivity index (χ4v) is 1.67. The van der Waals surface area contributed by atoms with Crippen molar-refractivity contribution in [2.75, 3.05) is 11.9 Å². The lowest BCUT2D eigenvalue weighted by atomic mass is 10.1. The molecule has 0 saturated heterocycles. The van der Waals surface area contributed by atoms with Gasteiger partial charge in [0, 0.05) is 5.69 Å². The van der Waals surface area contributed by atoms with E-state index in [4.69, 9.17) is 4.74 Å². The monoisotopic (exact) mass is 249 g/mol. The molecule has 0 aliphatic carbocycles. The minimum absolute atomic E-state index is 0.242. The van der Waals surface area contributed by atoms with Crippen LogP contribution in [0.5, 0.6) is 0 Å². The molecule has 0 fully saturated rings. The number of anilines is 1. The van der Waals surface area contributed by atoms with Gasteiger partial charge in [-0.1, -0.05) is 31.5 Å². The molecular formula is C14H19NO3. The first-order valence-corrected chi connectivity index (χ1v) is 6.20. The number of benzene rings is 1. The van der Waals surface area contributed by atoms with Crippen LogP contribution in [0.2, 0.25) is 0 Å². The number of esters is 1. The summed E-state index contributed by atoms with van der Waals surface area (Å²) in [6, 6.07) is 7.61. The third-order valence-corrected chi connectivity index (χ3v) is 2.42. The Balaban J connectivity index is 2.61. The summed E-state index contributed by atoms with van der Waals surface area (Å²) in [4.78, 5) is 22.8. The molecule has 0 aliphatic rings. The van der Waals surface area contributed by atoms with Gasteiger partial charge in [-0.15, -0.1) is 0 Å². The number of amides is 1. The number of carbonyl (C=O) groups excluding carboxylic acids is 2. The minimum Gasteiger partial charge on any atom is -0.466 e. The van der Waals surface area contributed by atoms with Crippen LogP contribution in [0.3, 0.4) is 0 Å². The number of para-hydroxylation sites is 1. The predicted molar refractivity (Wildman–Crippen MR) is 70.3 cm³/mol. The average molecular weight is 249 g/mol. The van der Waals surface area contributed by atoms with Crippen molar-refractivity contribution in [2.45, 2.75) is 33.1 Å². The maximum absolute atomic E-state index is 11.6. The Morgan fingerprint density at radius 2 is 1.94 bits per heavy atom. The maximum Gasteiger partial charge on any atom is 0.315 e. The molecule has 0 unspecified atom stereocenters. The van der Waals surface area contributed by atoms with Crippen LogP contribution in [-0.4, -0.2) is 18.5 Å². The molecule has 0 atom stereocenters. The number of rotatable bonds is 6. The van der Waals surface area contributed by atoms with E-state index in [-0.39, 0.29) is 12.3 Å².